The smallest absolute Gasteiger partial charge is 0.255 e. The van der Waals surface area contributed by atoms with Crippen molar-refractivity contribution in [2.45, 2.75) is 18.5 Å². The summed E-state index contributed by atoms with van der Waals surface area (Å²) >= 11 is 0. The van der Waals surface area contributed by atoms with Crippen molar-refractivity contribution in [1.29, 1.82) is 10.5 Å². The third-order valence-corrected chi connectivity index (χ3v) is 6.86. The molecule has 0 saturated carbocycles. The second kappa shape index (κ2) is 6.19. The molecule has 2 aliphatic rings. The first-order chi connectivity index (χ1) is 14.6. The lowest BCUT2D eigenvalue weighted by molar-refractivity contribution is -0.130. The van der Waals surface area contributed by atoms with Crippen LogP contribution >= 0.6 is 0 Å². The summed E-state index contributed by atoms with van der Waals surface area (Å²) in [6, 6.07) is 21.6. The van der Waals surface area contributed by atoms with E-state index >= 15 is 0 Å². The van der Waals surface area contributed by atoms with Crippen LogP contribution in [0.3, 0.4) is 0 Å². The van der Waals surface area contributed by atoms with Gasteiger partial charge in [0.1, 0.15) is 0 Å². The number of likely N-dealkylation sites (tertiary alicyclic amines) is 1. The van der Waals surface area contributed by atoms with Gasteiger partial charge >= 0.3 is 0 Å². The van der Waals surface area contributed by atoms with Crippen molar-refractivity contribution < 1.29 is 4.79 Å². The minimum Gasteiger partial charge on any atom is -0.340 e. The molecule has 2 atom stereocenters. The van der Waals surface area contributed by atoms with Crippen molar-refractivity contribution in [3.8, 4) is 12.1 Å². The van der Waals surface area contributed by atoms with E-state index in [-0.39, 0.29) is 5.91 Å². The predicted molar refractivity (Wildman–Crippen MR) is 113 cm³/mol. The number of benzene rings is 2. The number of rotatable bonds is 2. The Morgan fingerprint density at radius 1 is 1.07 bits per heavy atom. The van der Waals surface area contributed by atoms with Crippen LogP contribution in [0.5, 0.6) is 0 Å². The van der Waals surface area contributed by atoms with Gasteiger partial charge in [0, 0.05) is 36.1 Å². The molecule has 30 heavy (non-hydrogen) atoms. The summed E-state index contributed by atoms with van der Waals surface area (Å²) in [6.45, 7) is 2.81. The first-order valence-electron chi connectivity index (χ1n) is 10.1. The maximum Gasteiger partial charge on any atom is 0.255 e. The highest BCUT2D eigenvalue weighted by Crippen LogP contribution is 2.61. The minimum atomic E-state index is -1.58. The molecule has 0 radical (unpaired) electrons. The molecule has 0 bridgehead atoms. The number of fused-ring (bicyclic) bond motifs is 3. The molecule has 6 nitrogen and oxygen atoms in total. The van der Waals surface area contributed by atoms with Gasteiger partial charge in [0.2, 0.25) is 0 Å². The van der Waals surface area contributed by atoms with E-state index in [9.17, 15) is 15.3 Å². The number of hydrogen-bond donors (Lipinski definition) is 0. The Bertz CT molecular complexity index is 1250. The molecule has 0 aliphatic carbocycles. The van der Waals surface area contributed by atoms with Crippen molar-refractivity contribution in [2.24, 2.45) is 5.41 Å². The van der Waals surface area contributed by atoms with E-state index in [1.807, 2.05) is 84.2 Å². The molecule has 1 amide bonds. The Kier molecular flexibility index (Phi) is 3.80. The fourth-order valence-electron chi connectivity index (χ4n) is 5.58. The number of likely N-dealkylation sites (N-methyl/N-ethyl adjacent to an activating group) is 2. The zero-order chi connectivity index (χ0) is 21.1. The number of para-hydroxylation sites is 2. The van der Waals surface area contributed by atoms with Crippen LogP contribution < -0.4 is 4.90 Å². The quantitative estimate of drug-likeness (QED) is 0.666. The molecule has 2 aliphatic heterocycles. The zero-order valence-electron chi connectivity index (χ0n) is 16.9. The zero-order valence-corrected chi connectivity index (χ0v) is 16.9. The van der Waals surface area contributed by atoms with E-state index in [4.69, 9.17) is 0 Å². The molecule has 2 unspecified atom stereocenters. The molecular formula is C24H21N5O. The van der Waals surface area contributed by atoms with Crippen LogP contribution in [0.1, 0.15) is 18.5 Å². The fraction of sp³-hybridized carbons (Fsp3) is 0.292. The first kappa shape index (κ1) is 18.4. The van der Waals surface area contributed by atoms with Gasteiger partial charge in [0.05, 0.1) is 18.2 Å². The van der Waals surface area contributed by atoms with Crippen LogP contribution in [0.2, 0.25) is 0 Å². The predicted octanol–water partition coefficient (Wildman–Crippen LogP) is 3.42. The fourth-order valence-corrected chi connectivity index (χ4v) is 5.58. The first-order valence-corrected chi connectivity index (χ1v) is 10.1. The van der Waals surface area contributed by atoms with Crippen molar-refractivity contribution in [3.05, 3.63) is 66.4 Å². The number of anilines is 1. The molecule has 3 aromatic rings. The normalized spacial score (nSPS) is 24.9. The molecule has 6 heteroatoms. The number of carbonyl (C=O) groups is 1. The van der Waals surface area contributed by atoms with Gasteiger partial charge in [0.15, 0.2) is 11.0 Å². The van der Waals surface area contributed by atoms with Gasteiger partial charge in [-0.2, -0.15) is 10.5 Å². The number of hydrogen-bond acceptors (Lipinski definition) is 4. The molecule has 1 aromatic heterocycles. The maximum absolute atomic E-state index is 13.9. The molecule has 1 spiro atoms. The average Bonchev–Trinajstić information content (AvgIpc) is 3.39. The van der Waals surface area contributed by atoms with Crippen LogP contribution in [0, 0.1) is 28.1 Å². The summed E-state index contributed by atoms with van der Waals surface area (Å²) in [5.41, 5.74) is -0.458. The van der Waals surface area contributed by atoms with Crippen LogP contribution in [0.15, 0.2) is 60.8 Å². The van der Waals surface area contributed by atoms with E-state index in [0.717, 1.165) is 22.2 Å². The number of carbonyl (C=O) groups excluding carboxylic acids is 1. The second-order valence-electron chi connectivity index (χ2n) is 7.99. The number of amides is 1. The Morgan fingerprint density at radius 3 is 2.50 bits per heavy atom. The highest BCUT2D eigenvalue weighted by atomic mass is 16.2. The Labute approximate surface area is 175 Å². The molecule has 0 N–H and O–H groups in total. The largest absolute Gasteiger partial charge is 0.340 e. The van der Waals surface area contributed by atoms with Crippen LogP contribution in [-0.4, -0.2) is 35.5 Å². The summed E-state index contributed by atoms with van der Waals surface area (Å²) < 4.78 is 2.00. The molecular weight excluding hydrogens is 374 g/mol. The Morgan fingerprint density at radius 2 is 1.77 bits per heavy atom. The molecule has 1 saturated heterocycles. The molecule has 148 valence electrons. The van der Waals surface area contributed by atoms with Gasteiger partial charge in [0.25, 0.3) is 5.91 Å². The summed E-state index contributed by atoms with van der Waals surface area (Å²) in [7, 11) is 1.85. The minimum absolute atomic E-state index is 0.198. The summed E-state index contributed by atoms with van der Waals surface area (Å²) in [4.78, 5) is 17.5. The SMILES string of the molecule is CCN1C(=O)C2(c3ccccc31)N(C)CC(n1ccc3ccccc31)C2(C#N)C#N. The third kappa shape index (κ3) is 1.87. The Balaban J connectivity index is 1.82. The second-order valence-corrected chi connectivity index (χ2v) is 7.99. The highest BCUT2D eigenvalue weighted by molar-refractivity contribution is 6.09. The lowest BCUT2D eigenvalue weighted by Crippen LogP contribution is -2.56. The van der Waals surface area contributed by atoms with Gasteiger partial charge in [-0.3, -0.25) is 9.69 Å². The average molecular weight is 395 g/mol. The van der Waals surface area contributed by atoms with E-state index in [1.54, 1.807) is 4.90 Å². The highest BCUT2D eigenvalue weighted by Gasteiger charge is 2.74. The van der Waals surface area contributed by atoms with Crippen molar-refractivity contribution >= 4 is 22.5 Å². The van der Waals surface area contributed by atoms with Gasteiger partial charge < -0.3 is 9.47 Å². The number of aromatic nitrogens is 1. The molecule has 5 rings (SSSR count). The van der Waals surface area contributed by atoms with Crippen LogP contribution in [0.4, 0.5) is 5.69 Å². The van der Waals surface area contributed by atoms with Gasteiger partial charge in [-0.1, -0.05) is 36.4 Å². The molecule has 3 heterocycles. The van der Waals surface area contributed by atoms with Crippen molar-refractivity contribution in [3.63, 3.8) is 0 Å². The van der Waals surface area contributed by atoms with Crippen LogP contribution in [-0.2, 0) is 10.3 Å². The molecule has 1 fully saturated rings. The monoisotopic (exact) mass is 395 g/mol. The summed E-state index contributed by atoms with van der Waals surface area (Å²) in [5, 5.41) is 22.1. The van der Waals surface area contributed by atoms with Crippen molar-refractivity contribution in [1.82, 2.24) is 9.47 Å². The standard InChI is InChI=1S/C24H21N5O/c1-3-28-20-11-7-5-9-18(20)24(22(28)30)23(15-25,16-26)21(14-27(24)2)29-13-12-17-8-4-6-10-19(17)29/h4-13,21H,3,14H2,1-2H3. The van der Waals surface area contributed by atoms with E-state index in [1.165, 1.54) is 0 Å². The van der Waals surface area contributed by atoms with Crippen molar-refractivity contribution in [2.75, 3.05) is 25.0 Å². The summed E-state index contributed by atoms with van der Waals surface area (Å²) in [5.74, 6) is -0.198. The van der Waals surface area contributed by atoms with Crippen LogP contribution in [0.25, 0.3) is 10.9 Å². The lowest BCUT2D eigenvalue weighted by Gasteiger charge is -2.38. The van der Waals surface area contributed by atoms with Gasteiger partial charge in [-0.05, 0) is 37.6 Å². The topological polar surface area (TPSA) is 76.1 Å². The third-order valence-electron chi connectivity index (χ3n) is 6.86. The summed E-state index contributed by atoms with van der Waals surface area (Å²) in [6.07, 6.45) is 1.93. The lowest BCUT2D eigenvalue weighted by atomic mass is 9.66. The van der Waals surface area contributed by atoms with E-state index in [2.05, 4.69) is 12.1 Å². The Hall–Kier alpha value is -3.61. The number of nitriles is 2. The maximum atomic E-state index is 13.9. The van der Waals surface area contributed by atoms with E-state index in [0.29, 0.717) is 13.1 Å². The number of nitrogens with zero attached hydrogens (tertiary/aromatic N) is 5. The van der Waals surface area contributed by atoms with E-state index < -0.39 is 17.0 Å². The molecule has 2 aromatic carbocycles. The van der Waals surface area contributed by atoms with Gasteiger partial charge in [-0.15, -0.1) is 0 Å². The van der Waals surface area contributed by atoms with Gasteiger partial charge in [-0.25, -0.2) is 0 Å².